The SMILES string of the molecule is CC(C)c1cccc(C(C)C)c1NC(=O)CN1C(=O)N[C@]2(CCc3ccccc32)C1=O. The second-order valence-corrected chi connectivity index (χ2v) is 9.05. The molecule has 0 saturated carbocycles. The zero-order valence-corrected chi connectivity index (χ0v) is 18.5. The van der Waals surface area contributed by atoms with E-state index >= 15 is 0 Å². The number of urea groups is 1. The molecule has 1 atom stereocenters. The summed E-state index contributed by atoms with van der Waals surface area (Å²) in [5.41, 5.74) is 3.71. The van der Waals surface area contributed by atoms with Crippen LogP contribution < -0.4 is 10.6 Å². The molecule has 1 fully saturated rings. The van der Waals surface area contributed by atoms with Crippen LogP contribution in [0.4, 0.5) is 10.5 Å². The number of imide groups is 1. The molecule has 0 radical (unpaired) electrons. The predicted octanol–water partition coefficient (Wildman–Crippen LogP) is 4.27. The lowest BCUT2D eigenvalue weighted by molar-refractivity contribution is -0.134. The Bertz CT molecular complexity index is 1030. The van der Waals surface area contributed by atoms with Crippen molar-refractivity contribution >= 4 is 23.5 Å². The fraction of sp³-hybridized carbons (Fsp3) is 0.400. The first-order valence-electron chi connectivity index (χ1n) is 10.9. The maximum atomic E-state index is 13.3. The maximum absolute atomic E-state index is 13.3. The van der Waals surface area contributed by atoms with Gasteiger partial charge in [-0.05, 0) is 46.9 Å². The minimum absolute atomic E-state index is 0.226. The number of para-hydroxylation sites is 1. The van der Waals surface area contributed by atoms with E-state index in [1.807, 2.05) is 42.5 Å². The highest BCUT2D eigenvalue weighted by atomic mass is 16.2. The van der Waals surface area contributed by atoms with E-state index in [-0.39, 0.29) is 30.2 Å². The van der Waals surface area contributed by atoms with E-state index in [1.54, 1.807) is 0 Å². The van der Waals surface area contributed by atoms with Gasteiger partial charge < -0.3 is 10.6 Å². The van der Waals surface area contributed by atoms with Crippen LogP contribution >= 0.6 is 0 Å². The lowest BCUT2D eigenvalue weighted by Gasteiger charge is -2.23. The molecular weight excluding hydrogens is 390 g/mol. The molecule has 31 heavy (non-hydrogen) atoms. The zero-order chi connectivity index (χ0) is 22.3. The van der Waals surface area contributed by atoms with Crippen LogP contribution in [0.3, 0.4) is 0 Å². The molecule has 4 amide bonds. The Labute approximate surface area is 183 Å². The van der Waals surface area contributed by atoms with Gasteiger partial charge in [-0.1, -0.05) is 70.2 Å². The van der Waals surface area contributed by atoms with Crippen LogP contribution in [-0.4, -0.2) is 29.3 Å². The average molecular weight is 420 g/mol. The third kappa shape index (κ3) is 3.50. The summed E-state index contributed by atoms with van der Waals surface area (Å²) >= 11 is 0. The summed E-state index contributed by atoms with van der Waals surface area (Å²) in [5.74, 6) is -0.270. The molecule has 0 bridgehead atoms. The molecule has 1 aliphatic heterocycles. The number of carbonyl (C=O) groups is 3. The number of nitrogens with zero attached hydrogens (tertiary/aromatic N) is 1. The Kier molecular flexibility index (Phi) is 5.33. The van der Waals surface area contributed by atoms with Crippen molar-refractivity contribution in [2.75, 3.05) is 11.9 Å². The number of rotatable bonds is 5. The first kappa shape index (κ1) is 21.1. The zero-order valence-electron chi connectivity index (χ0n) is 18.5. The number of anilines is 1. The van der Waals surface area contributed by atoms with Crippen molar-refractivity contribution in [3.05, 3.63) is 64.7 Å². The molecule has 6 nitrogen and oxygen atoms in total. The van der Waals surface area contributed by atoms with E-state index in [1.165, 1.54) is 0 Å². The highest BCUT2D eigenvalue weighted by molar-refractivity contribution is 6.11. The van der Waals surface area contributed by atoms with Crippen molar-refractivity contribution in [3.8, 4) is 0 Å². The first-order chi connectivity index (χ1) is 14.7. The highest BCUT2D eigenvalue weighted by Crippen LogP contribution is 2.41. The third-order valence-electron chi connectivity index (χ3n) is 6.36. The second-order valence-electron chi connectivity index (χ2n) is 9.05. The number of fused-ring (bicyclic) bond motifs is 2. The standard InChI is InChI=1S/C25H29N3O3/c1-15(2)18-9-7-10-19(16(3)4)22(18)26-21(29)14-28-23(30)25(27-24(28)31)13-12-17-8-5-6-11-20(17)25/h5-11,15-16H,12-14H2,1-4H3,(H,26,29)(H,27,31)/t25-/m0/s1. The number of hydrogen-bond acceptors (Lipinski definition) is 3. The molecule has 162 valence electrons. The molecule has 0 unspecified atom stereocenters. The maximum Gasteiger partial charge on any atom is 0.325 e. The van der Waals surface area contributed by atoms with Crippen LogP contribution in [0.15, 0.2) is 42.5 Å². The summed E-state index contributed by atoms with van der Waals surface area (Å²) in [6.07, 6.45) is 1.24. The van der Waals surface area contributed by atoms with Crippen molar-refractivity contribution in [2.24, 2.45) is 0 Å². The van der Waals surface area contributed by atoms with E-state index in [0.717, 1.165) is 39.3 Å². The molecule has 2 aromatic carbocycles. The van der Waals surface area contributed by atoms with Crippen LogP contribution in [0.5, 0.6) is 0 Å². The molecular formula is C25H29N3O3. The molecule has 1 heterocycles. The number of amides is 4. The molecule has 0 aromatic heterocycles. The summed E-state index contributed by atoms with van der Waals surface area (Å²) in [4.78, 5) is 40.0. The monoisotopic (exact) mass is 419 g/mol. The summed E-state index contributed by atoms with van der Waals surface area (Å²) in [6, 6.07) is 13.2. The third-order valence-corrected chi connectivity index (χ3v) is 6.36. The molecule has 1 spiro atoms. The molecule has 1 saturated heterocycles. The van der Waals surface area contributed by atoms with Crippen molar-refractivity contribution in [2.45, 2.75) is 57.9 Å². The van der Waals surface area contributed by atoms with Crippen LogP contribution in [0, 0.1) is 0 Å². The summed E-state index contributed by atoms with van der Waals surface area (Å²) in [7, 11) is 0. The van der Waals surface area contributed by atoms with Crippen molar-refractivity contribution in [1.82, 2.24) is 10.2 Å². The number of carbonyl (C=O) groups excluding carboxylic acids is 3. The Morgan fingerprint density at radius 3 is 2.32 bits per heavy atom. The van der Waals surface area contributed by atoms with E-state index in [0.29, 0.717) is 6.42 Å². The van der Waals surface area contributed by atoms with Gasteiger partial charge in [0.2, 0.25) is 5.91 Å². The van der Waals surface area contributed by atoms with Gasteiger partial charge in [0.05, 0.1) is 0 Å². The van der Waals surface area contributed by atoms with Gasteiger partial charge in [0.1, 0.15) is 12.1 Å². The fourth-order valence-electron chi connectivity index (χ4n) is 4.75. The van der Waals surface area contributed by atoms with Crippen LogP contribution in [-0.2, 0) is 21.5 Å². The number of hydrogen-bond donors (Lipinski definition) is 2. The molecule has 1 aliphatic carbocycles. The van der Waals surface area contributed by atoms with Gasteiger partial charge in [-0.25, -0.2) is 4.79 Å². The van der Waals surface area contributed by atoms with Gasteiger partial charge in [0.25, 0.3) is 5.91 Å². The molecule has 2 aliphatic rings. The number of aryl methyl sites for hydroxylation is 1. The smallest absolute Gasteiger partial charge is 0.324 e. The van der Waals surface area contributed by atoms with E-state index < -0.39 is 11.6 Å². The van der Waals surface area contributed by atoms with Gasteiger partial charge in [-0.15, -0.1) is 0 Å². The Morgan fingerprint density at radius 1 is 1.03 bits per heavy atom. The van der Waals surface area contributed by atoms with Crippen molar-refractivity contribution < 1.29 is 14.4 Å². The molecule has 2 aromatic rings. The average Bonchev–Trinajstić information content (AvgIpc) is 3.21. The lowest BCUT2D eigenvalue weighted by Crippen LogP contribution is -2.43. The highest BCUT2D eigenvalue weighted by Gasteiger charge is 2.55. The van der Waals surface area contributed by atoms with Gasteiger partial charge in [-0.2, -0.15) is 0 Å². The topological polar surface area (TPSA) is 78.5 Å². The molecule has 6 heteroatoms. The van der Waals surface area contributed by atoms with Crippen LogP contribution in [0.25, 0.3) is 0 Å². The van der Waals surface area contributed by atoms with Crippen LogP contribution in [0.1, 0.15) is 68.2 Å². The minimum Gasteiger partial charge on any atom is -0.324 e. The van der Waals surface area contributed by atoms with E-state index in [4.69, 9.17) is 0 Å². The van der Waals surface area contributed by atoms with Gasteiger partial charge in [0, 0.05) is 5.69 Å². The number of nitrogens with one attached hydrogen (secondary N) is 2. The Hall–Kier alpha value is -3.15. The number of benzene rings is 2. The largest absolute Gasteiger partial charge is 0.325 e. The minimum atomic E-state index is -1.05. The van der Waals surface area contributed by atoms with Crippen molar-refractivity contribution in [3.63, 3.8) is 0 Å². The van der Waals surface area contributed by atoms with Crippen LogP contribution in [0.2, 0.25) is 0 Å². The van der Waals surface area contributed by atoms with Gasteiger partial charge in [0.15, 0.2) is 0 Å². The van der Waals surface area contributed by atoms with Crippen molar-refractivity contribution in [1.29, 1.82) is 0 Å². The predicted molar refractivity (Wildman–Crippen MR) is 120 cm³/mol. The first-order valence-corrected chi connectivity index (χ1v) is 10.9. The normalized spacial score (nSPS) is 20.0. The second kappa shape index (κ2) is 7.84. The van der Waals surface area contributed by atoms with E-state index in [2.05, 4.69) is 38.3 Å². The Balaban J connectivity index is 1.57. The van der Waals surface area contributed by atoms with E-state index in [9.17, 15) is 14.4 Å². The summed E-state index contributed by atoms with van der Waals surface area (Å²) in [6.45, 7) is 8.00. The van der Waals surface area contributed by atoms with Gasteiger partial charge in [-0.3, -0.25) is 14.5 Å². The quantitative estimate of drug-likeness (QED) is 0.711. The lowest BCUT2D eigenvalue weighted by atomic mass is 9.92. The summed E-state index contributed by atoms with van der Waals surface area (Å²) in [5, 5.41) is 5.87. The fourth-order valence-corrected chi connectivity index (χ4v) is 4.75. The Morgan fingerprint density at radius 2 is 1.68 bits per heavy atom. The molecule has 4 rings (SSSR count). The molecule has 2 N–H and O–H groups in total. The van der Waals surface area contributed by atoms with Gasteiger partial charge >= 0.3 is 6.03 Å². The summed E-state index contributed by atoms with van der Waals surface area (Å²) < 4.78 is 0.